The van der Waals surface area contributed by atoms with Crippen molar-refractivity contribution in [3.8, 4) is 0 Å². The first-order chi connectivity index (χ1) is 6.07. The van der Waals surface area contributed by atoms with Crippen LogP contribution >= 0.6 is 15.9 Å². The summed E-state index contributed by atoms with van der Waals surface area (Å²) < 4.78 is 1.09. The number of nitrogens with one attached hydrogen (secondary N) is 1. The van der Waals surface area contributed by atoms with Gasteiger partial charge in [-0.1, -0.05) is 28.9 Å². The average Bonchev–Trinajstić information content (AvgIpc) is 2.08. The van der Waals surface area contributed by atoms with E-state index in [-0.39, 0.29) is 0 Å². The van der Waals surface area contributed by atoms with E-state index in [0.29, 0.717) is 5.71 Å². The van der Waals surface area contributed by atoms with Crippen molar-refractivity contribution < 1.29 is 0 Å². The van der Waals surface area contributed by atoms with Crippen molar-refractivity contribution in [1.29, 1.82) is 5.41 Å². The number of hydrogen-bond acceptors (Lipinski definition) is 1. The Bertz CT molecular complexity index is 342. The Balaban J connectivity index is 3.41. The van der Waals surface area contributed by atoms with Gasteiger partial charge < -0.3 is 5.41 Å². The van der Waals surface area contributed by atoms with Gasteiger partial charge in [-0.25, -0.2) is 0 Å². The second-order valence-electron chi connectivity index (χ2n) is 3.19. The number of halogens is 1. The molecule has 0 spiro atoms. The molecule has 0 radical (unpaired) electrons. The lowest BCUT2D eigenvalue weighted by Crippen LogP contribution is -2.02. The third-order valence-electron chi connectivity index (χ3n) is 2.24. The Labute approximate surface area is 87.8 Å². The predicted molar refractivity (Wildman–Crippen MR) is 60.8 cm³/mol. The average molecular weight is 240 g/mol. The van der Waals surface area contributed by atoms with Crippen molar-refractivity contribution >= 4 is 21.6 Å². The van der Waals surface area contributed by atoms with Gasteiger partial charge in [-0.05, 0) is 37.5 Å². The molecule has 0 heterocycles. The zero-order valence-electron chi connectivity index (χ0n) is 8.24. The largest absolute Gasteiger partial charge is 0.305 e. The Morgan fingerprint density at radius 2 is 2.08 bits per heavy atom. The van der Waals surface area contributed by atoms with Crippen LogP contribution in [0.15, 0.2) is 16.6 Å². The summed E-state index contributed by atoms with van der Waals surface area (Å²) in [6.07, 6.45) is 0.986. The molecule has 0 aromatic heterocycles. The third-order valence-corrected chi connectivity index (χ3v) is 3.10. The predicted octanol–water partition coefficient (Wildman–Crippen LogP) is 3.71. The van der Waals surface area contributed by atoms with Crippen LogP contribution in [-0.4, -0.2) is 5.71 Å². The minimum absolute atomic E-state index is 0.649. The van der Waals surface area contributed by atoms with E-state index in [1.807, 2.05) is 6.92 Å². The van der Waals surface area contributed by atoms with Gasteiger partial charge in [0.2, 0.25) is 0 Å². The third kappa shape index (κ3) is 1.99. The summed E-state index contributed by atoms with van der Waals surface area (Å²) >= 11 is 3.48. The zero-order chi connectivity index (χ0) is 10.0. The van der Waals surface area contributed by atoms with Crippen molar-refractivity contribution in [1.82, 2.24) is 0 Å². The lowest BCUT2D eigenvalue weighted by Gasteiger charge is -2.11. The molecule has 1 N–H and O–H groups in total. The molecular formula is C11H14BrN. The zero-order valence-corrected chi connectivity index (χ0v) is 9.83. The standard InChI is InChI=1S/C11H14BrN/c1-4-9-5-6-10(12)7(2)11(9)8(3)13/h5-6,13H,4H2,1-3H3. The number of hydrogen-bond donors (Lipinski definition) is 1. The van der Waals surface area contributed by atoms with Gasteiger partial charge >= 0.3 is 0 Å². The van der Waals surface area contributed by atoms with E-state index in [2.05, 4.69) is 41.9 Å². The first-order valence-corrected chi connectivity index (χ1v) is 5.20. The molecule has 0 saturated carbocycles. The summed E-state index contributed by atoms with van der Waals surface area (Å²) in [6.45, 7) is 6.01. The second-order valence-corrected chi connectivity index (χ2v) is 4.04. The normalized spacial score (nSPS) is 10.2. The van der Waals surface area contributed by atoms with Crippen molar-refractivity contribution in [3.05, 3.63) is 33.3 Å². The molecule has 1 aromatic carbocycles. The molecule has 13 heavy (non-hydrogen) atoms. The highest BCUT2D eigenvalue weighted by Gasteiger charge is 2.08. The molecule has 2 heteroatoms. The number of rotatable bonds is 2. The highest BCUT2D eigenvalue weighted by atomic mass is 79.9. The van der Waals surface area contributed by atoms with Gasteiger partial charge in [0.1, 0.15) is 0 Å². The van der Waals surface area contributed by atoms with Gasteiger partial charge in [0.25, 0.3) is 0 Å². The van der Waals surface area contributed by atoms with E-state index < -0.39 is 0 Å². The summed E-state index contributed by atoms with van der Waals surface area (Å²) in [4.78, 5) is 0. The molecule has 0 aliphatic carbocycles. The van der Waals surface area contributed by atoms with Gasteiger partial charge in [-0.3, -0.25) is 0 Å². The van der Waals surface area contributed by atoms with Gasteiger partial charge in [0.15, 0.2) is 0 Å². The van der Waals surface area contributed by atoms with Crippen molar-refractivity contribution in [2.75, 3.05) is 0 Å². The minimum atomic E-state index is 0.649. The van der Waals surface area contributed by atoms with Crippen LogP contribution in [0.25, 0.3) is 0 Å². The molecular weight excluding hydrogens is 226 g/mol. The summed E-state index contributed by atoms with van der Waals surface area (Å²) in [6, 6.07) is 4.14. The first-order valence-electron chi connectivity index (χ1n) is 4.41. The van der Waals surface area contributed by atoms with E-state index in [9.17, 15) is 0 Å². The topological polar surface area (TPSA) is 23.9 Å². The van der Waals surface area contributed by atoms with Gasteiger partial charge in [-0.2, -0.15) is 0 Å². The van der Waals surface area contributed by atoms with Crippen LogP contribution in [0.2, 0.25) is 0 Å². The lowest BCUT2D eigenvalue weighted by atomic mass is 9.97. The summed E-state index contributed by atoms with van der Waals surface area (Å²) in [5, 5.41) is 7.70. The maximum absolute atomic E-state index is 7.70. The lowest BCUT2D eigenvalue weighted by molar-refractivity contribution is 1.11. The molecule has 0 atom stereocenters. The molecule has 0 amide bonds. The first kappa shape index (κ1) is 10.5. The number of benzene rings is 1. The van der Waals surface area contributed by atoms with Gasteiger partial charge in [-0.15, -0.1) is 0 Å². The maximum Gasteiger partial charge on any atom is 0.0361 e. The fourth-order valence-corrected chi connectivity index (χ4v) is 1.89. The Hall–Kier alpha value is -0.630. The quantitative estimate of drug-likeness (QED) is 0.762. The molecule has 0 aliphatic heterocycles. The Kier molecular flexibility index (Phi) is 3.26. The molecule has 1 nitrogen and oxygen atoms in total. The van der Waals surface area contributed by atoms with E-state index >= 15 is 0 Å². The van der Waals surface area contributed by atoms with Crippen LogP contribution < -0.4 is 0 Å². The molecule has 0 bridgehead atoms. The highest BCUT2D eigenvalue weighted by Crippen LogP contribution is 2.23. The van der Waals surface area contributed by atoms with Crippen molar-refractivity contribution in [2.24, 2.45) is 0 Å². The second kappa shape index (κ2) is 4.05. The smallest absolute Gasteiger partial charge is 0.0361 e. The van der Waals surface area contributed by atoms with Crippen molar-refractivity contribution in [2.45, 2.75) is 27.2 Å². The maximum atomic E-state index is 7.70. The van der Waals surface area contributed by atoms with Crippen LogP contribution in [0.5, 0.6) is 0 Å². The van der Waals surface area contributed by atoms with Crippen LogP contribution in [-0.2, 0) is 6.42 Å². The van der Waals surface area contributed by atoms with Crippen LogP contribution in [0.3, 0.4) is 0 Å². The Morgan fingerprint density at radius 1 is 1.46 bits per heavy atom. The molecule has 0 fully saturated rings. The van der Waals surface area contributed by atoms with E-state index in [1.54, 1.807) is 0 Å². The minimum Gasteiger partial charge on any atom is -0.305 e. The van der Waals surface area contributed by atoms with Crippen molar-refractivity contribution in [3.63, 3.8) is 0 Å². The molecule has 0 aliphatic rings. The molecule has 70 valence electrons. The summed E-state index contributed by atoms with van der Waals surface area (Å²) in [5.74, 6) is 0. The monoisotopic (exact) mass is 239 g/mol. The van der Waals surface area contributed by atoms with Crippen LogP contribution in [0.4, 0.5) is 0 Å². The molecule has 1 aromatic rings. The van der Waals surface area contributed by atoms with Crippen LogP contribution in [0.1, 0.15) is 30.5 Å². The fraction of sp³-hybridized carbons (Fsp3) is 0.364. The SMILES string of the molecule is CCc1ccc(Br)c(C)c1C(C)=N. The van der Waals surface area contributed by atoms with E-state index in [1.165, 1.54) is 11.1 Å². The molecule has 0 saturated heterocycles. The molecule has 1 rings (SSSR count). The van der Waals surface area contributed by atoms with E-state index in [0.717, 1.165) is 16.5 Å². The van der Waals surface area contributed by atoms with E-state index in [4.69, 9.17) is 5.41 Å². The fourth-order valence-electron chi connectivity index (χ4n) is 1.56. The van der Waals surface area contributed by atoms with Gasteiger partial charge in [0.05, 0.1) is 0 Å². The van der Waals surface area contributed by atoms with Crippen LogP contribution in [0, 0.1) is 12.3 Å². The Morgan fingerprint density at radius 3 is 2.54 bits per heavy atom. The highest BCUT2D eigenvalue weighted by molar-refractivity contribution is 9.10. The molecule has 0 unspecified atom stereocenters. The summed E-state index contributed by atoms with van der Waals surface area (Å²) in [5.41, 5.74) is 4.17. The summed E-state index contributed by atoms with van der Waals surface area (Å²) in [7, 11) is 0. The number of aryl methyl sites for hydroxylation is 1. The van der Waals surface area contributed by atoms with Gasteiger partial charge in [0, 0.05) is 15.7 Å².